The summed E-state index contributed by atoms with van der Waals surface area (Å²) < 4.78 is 37.7. The molecule has 0 aliphatic heterocycles. The van der Waals surface area contributed by atoms with E-state index in [0.717, 1.165) is 18.7 Å². The van der Waals surface area contributed by atoms with Crippen LogP contribution in [0, 0.1) is 0 Å². The number of alkyl halides is 3. The normalized spacial score (nSPS) is 12.0. The number of aldehydes is 1. The fraction of sp³-hybridized carbons (Fsp3) is 0.308. The van der Waals surface area contributed by atoms with Gasteiger partial charge in [0.1, 0.15) is 6.29 Å². The predicted octanol–water partition coefficient (Wildman–Crippen LogP) is 3.14. The average Bonchev–Trinajstić information content (AvgIpc) is 2.33. The van der Waals surface area contributed by atoms with Gasteiger partial charge in [0.25, 0.3) is 0 Å². The molecule has 1 N–H and O–H groups in total. The maximum absolute atomic E-state index is 12.6. The van der Waals surface area contributed by atoms with Crippen molar-refractivity contribution in [3.05, 3.63) is 41.0 Å². The van der Waals surface area contributed by atoms with Gasteiger partial charge in [0.05, 0.1) is 5.56 Å². The van der Waals surface area contributed by atoms with Gasteiger partial charge in [-0.25, -0.2) is 0 Å². The zero-order chi connectivity index (χ0) is 13.6. The fourth-order valence-electron chi connectivity index (χ4n) is 1.45. The standard InChI is InChI=1S/C13H14F3NO/c1-17-5-3-2-4-10-6-11(9-18)8-12(7-10)13(14,15)16/h2,4,6-9,17H,3,5H2,1H3. The first-order valence-corrected chi connectivity index (χ1v) is 5.46. The Hall–Kier alpha value is -1.62. The summed E-state index contributed by atoms with van der Waals surface area (Å²) in [6, 6.07) is 3.30. The lowest BCUT2D eigenvalue weighted by atomic mass is 10.1. The monoisotopic (exact) mass is 257 g/mol. The highest BCUT2D eigenvalue weighted by Gasteiger charge is 2.30. The zero-order valence-corrected chi connectivity index (χ0v) is 9.92. The lowest BCUT2D eigenvalue weighted by molar-refractivity contribution is -0.137. The van der Waals surface area contributed by atoms with Crippen LogP contribution in [0.4, 0.5) is 13.2 Å². The number of halogens is 3. The number of nitrogens with one attached hydrogen (secondary N) is 1. The molecule has 0 fully saturated rings. The number of carbonyl (C=O) groups is 1. The smallest absolute Gasteiger partial charge is 0.319 e. The number of benzene rings is 1. The van der Waals surface area contributed by atoms with E-state index in [2.05, 4.69) is 5.32 Å². The molecule has 5 heteroatoms. The molecule has 1 aromatic rings. The average molecular weight is 257 g/mol. The molecule has 0 spiro atoms. The van der Waals surface area contributed by atoms with Crippen molar-refractivity contribution in [1.82, 2.24) is 5.32 Å². The molecule has 0 atom stereocenters. The van der Waals surface area contributed by atoms with Gasteiger partial charge in [-0.2, -0.15) is 13.2 Å². The van der Waals surface area contributed by atoms with Crippen LogP contribution >= 0.6 is 0 Å². The molecule has 18 heavy (non-hydrogen) atoms. The summed E-state index contributed by atoms with van der Waals surface area (Å²) >= 11 is 0. The minimum absolute atomic E-state index is 0.0260. The molecule has 0 bridgehead atoms. The Kier molecular flexibility index (Phi) is 5.09. The van der Waals surface area contributed by atoms with E-state index in [1.807, 2.05) is 0 Å². The summed E-state index contributed by atoms with van der Waals surface area (Å²) in [6.45, 7) is 0.746. The third kappa shape index (κ3) is 4.33. The first-order valence-electron chi connectivity index (χ1n) is 5.46. The second kappa shape index (κ2) is 6.35. The van der Waals surface area contributed by atoms with E-state index < -0.39 is 11.7 Å². The van der Waals surface area contributed by atoms with Crippen molar-refractivity contribution in [3.8, 4) is 0 Å². The van der Waals surface area contributed by atoms with Crippen molar-refractivity contribution in [3.63, 3.8) is 0 Å². The summed E-state index contributed by atoms with van der Waals surface area (Å²) in [4.78, 5) is 10.6. The largest absolute Gasteiger partial charge is 0.416 e. The Balaban J connectivity index is 2.98. The van der Waals surface area contributed by atoms with E-state index in [0.29, 0.717) is 18.3 Å². The third-order valence-corrected chi connectivity index (χ3v) is 2.31. The van der Waals surface area contributed by atoms with Crippen molar-refractivity contribution < 1.29 is 18.0 Å². The fourth-order valence-corrected chi connectivity index (χ4v) is 1.45. The molecule has 2 nitrogen and oxygen atoms in total. The van der Waals surface area contributed by atoms with Crippen LogP contribution in [0.1, 0.15) is 27.9 Å². The molecule has 0 amide bonds. The van der Waals surface area contributed by atoms with Crippen LogP contribution in [0.5, 0.6) is 0 Å². The van der Waals surface area contributed by atoms with Crippen LogP contribution < -0.4 is 5.32 Å². The lowest BCUT2D eigenvalue weighted by Gasteiger charge is -2.08. The molecule has 0 aliphatic rings. The molecule has 0 saturated carbocycles. The molecule has 0 aromatic heterocycles. The molecule has 0 heterocycles. The van der Waals surface area contributed by atoms with E-state index in [9.17, 15) is 18.0 Å². The van der Waals surface area contributed by atoms with Crippen molar-refractivity contribution in [2.24, 2.45) is 0 Å². The number of carbonyl (C=O) groups excluding carboxylic acids is 1. The van der Waals surface area contributed by atoms with Crippen LogP contribution in [0.15, 0.2) is 24.3 Å². The second-order valence-electron chi connectivity index (χ2n) is 3.80. The molecule has 0 aliphatic carbocycles. The van der Waals surface area contributed by atoms with Crippen LogP contribution in [-0.4, -0.2) is 19.9 Å². The van der Waals surface area contributed by atoms with Crippen molar-refractivity contribution in [1.29, 1.82) is 0 Å². The summed E-state index contributed by atoms with van der Waals surface area (Å²) in [6.07, 6.45) is 0.0378. The first kappa shape index (κ1) is 14.4. The summed E-state index contributed by atoms with van der Waals surface area (Å²) in [5.74, 6) is 0. The van der Waals surface area contributed by atoms with E-state index in [1.165, 1.54) is 6.07 Å². The van der Waals surface area contributed by atoms with E-state index in [1.54, 1.807) is 19.2 Å². The van der Waals surface area contributed by atoms with Gasteiger partial charge < -0.3 is 5.32 Å². The van der Waals surface area contributed by atoms with E-state index in [4.69, 9.17) is 0 Å². The zero-order valence-electron chi connectivity index (χ0n) is 9.92. The number of rotatable bonds is 5. The third-order valence-electron chi connectivity index (χ3n) is 2.31. The Labute approximate surface area is 104 Å². The first-order chi connectivity index (χ1) is 8.47. The topological polar surface area (TPSA) is 29.1 Å². The Morgan fingerprint density at radius 2 is 1.89 bits per heavy atom. The van der Waals surface area contributed by atoms with Gasteiger partial charge in [-0.05, 0) is 43.8 Å². The van der Waals surface area contributed by atoms with Crippen LogP contribution in [0.2, 0.25) is 0 Å². The molecular formula is C13H14F3NO. The van der Waals surface area contributed by atoms with Gasteiger partial charge >= 0.3 is 6.18 Å². The molecule has 0 saturated heterocycles. The molecule has 98 valence electrons. The van der Waals surface area contributed by atoms with Gasteiger partial charge in [0.2, 0.25) is 0 Å². The minimum atomic E-state index is -4.44. The second-order valence-corrected chi connectivity index (χ2v) is 3.80. The Morgan fingerprint density at radius 3 is 2.44 bits per heavy atom. The van der Waals surface area contributed by atoms with Gasteiger partial charge in [0, 0.05) is 5.56 Å². The SMILES string of the molecule is CNCCC=Cc1cc(C=O)cc(C(F)(F)F)c1. The summed E-state index contributed by atoms with van der Waals surface area (Å²) in [5.41, 5.74) is -0.401. The molecule has 1 aromatic carbocycles. The van der Waals surface area contributed by atoms with Gasteiger partial charge in [-0.3, -0.25) is 4.79 Å². The number of hydrogen-bond donors (Lipinski definition) is 1. The maximum Gasteiger partial charge on any atom is 0.416 e. The van der Waals surface area contributed by atoms with Crippen LogP contribution in [-0.2, 0) is 6.18 Å². The summed E-state index contributed by atoms with van der Waals surface area (Å²) in [7, 11) is 1.79. The van der Waals surface area contributed by atoms with Crippen molar-refractivity contribution in [2.45, 2.75) is 12.6 Å². The van der Waals surface area contributed by atoms with E-state index >= 15 is 0 Å². The highest BCUT2D eigenvalue weighted by atomic mass is 19.4. The molecule has 0 unspecified atom stereocenters. The molecular weight excluding hydrogens is 243 g/mol. The lowest BCUT2D eigenvalue weighted by Crippen LogP contribution is -2.06. The van der Waals surface area contributed by atoms with Crippen LogP contribution in [0.25, 0.3) is 6.08 Å². The highest BCUT2D eigenvalue weighted by Crippen LogP contribution is 2.30. The maximum atomic E-state index is 12.6. The van der Waals surface area contributed by atoms with Gasteiger partial charge in [-0.1, -0.05) is 12.2 Å². The van der Waals surface area contributed by atoms with Gasteiger partial charge in [0.15, 0.2) is 0 Å². The van der Waals surface area contributed by atoms with Crippen LogP contribution in [0.3, 0.4) is 0 Å². The minimum Gasteiger partial charge on any atom is -0.319 e. The van der Waals surface area contributed by atoms with Crippen molar-refractivity contribution in [2.75, 3.05) is 13.6 Å². The summed E-state index contributed by atoms with van der Waals surface area (Å²) in [5, 5.41) is 2.92. The molecule has 1 rings (SSSR count). The van der Waals surface area contributed by atoms with Gasteiger partial charge in [-0.15, -0.1) is 0 Å². The molecule has 0 radical (unpaired) electrons. The number of hydrogen-bond acceptors (Lipinski definition) is 2. The Morgan fingerprint density at radius 1 is 1.22 bits per heavy atom. The Bertz CT molecular complexity index is 438. The predicted molar refractivity (Wildman–Crippen MR) is 64.4 cm³/mol. The van der Waals surface area contributed by atoms with E-state index in [-0.39, 0.29) is 5.56 Å². The quantitative estimate of drug-likeness (QED) is 0.648. The highest BCUT2D eigenvalue weighted by molar-refractivity contribution is 5.77. The van der Waals surface area contributed by atoms with Crippen molar-refractivity contribution >= 4 is 12.4 Å².